The number of hydrogen-bond acceptors (Lipinski definition) is 3. The molecule has 2 N–H and O–H groups in total. The van der Waals surface area contributed by atoms with Crippen molar-refractivity contribution in [2.45, 2.75) is 18.8 Å². The summed E-state index contributed by atoms with van der Waals surface area (Å²) in [7, 11) is 1.74. The van der Waals surface area contributed by atoms with Crippen molar-refractivity contribution in [1.82, 2.24) is 9.55 Å². The van der Waals surface area contributed by atoms with Crippen molar-refractivity contribution >= 4 is 17.7 Å². The van der Waals surface area contributed by atoms with Crippen LogP contribution in [0, 0.1) is 0 Å². The van der Waals surface area contributed by atoms with Gasteiger partial charge >= 0.3 is 5.97 Å². The van der Waals surface area contributed by atoms with E-state index in [2.05, 4.69) is 10.3 Å². The summed E-state index contributed by atoms with van der Waals surface area (Å²) in [6.45, 7) is 1.62. The van der Waals surface area contributed by atoms with Gasteiger partial charge in [-0.2, -0.15) is 0 Å². The largest absolute Gasteiger partial charge is 0.481 e. The smallest absolute Gasteiger partial charge is 0.304 e. The zero-order chi connectivity index (χ0) is 11.2. The Balaban J connectivity index is 2.52. The summed E-state index contributed by atoms with van der Waals surface area (Å²) in [5, 5.41) is 11.4. The van der Waals surface area contributed by atoms with Crippen LogP contribution < -0.4 is 5.32 Å². The summed E-state index contributed by atoms with van der Waals surface area (Å²) in [4.78, 5) is 26.4. The van der Waals surface area contributed by atoms with Crippen LogP contribution in [-0.4, -0.2) is 26.5 Å². The molecule has 0 spiro atoms. The fourth-order valence-electron chi connectivity index (χ4n) is 1.99. The van der Waals surface area contributed by atoms with Gasteiger partial charge in [-0.1, -0.05) is 0 Å². The first kappa shape index (κ1) is 9.70. The molecule has 0 saturated heterocycles. The van der Waals surface area contributed by atoms with Gasteiger partial charge in [-0.15, -0.1) is 0 Å². The molecule has 0 saturated carbocycles. The minimum absolute atomic E-state index is 0.231. The lowest BCUT2D eigenvalue weighted by Crippen LogP contribution is -2.35. The molecule has 0 bridgehead atoms. The number of amides is 1. The summed E-state index contributed by atoms with van der Waals surface area (Å²) >= 11 is 0. The number of hydrogen-bond donors (Lipinski definition) is 2. The Morgan fingerprint density at radius 1 is 1.73 bits per heavy atom. The molecule has 1 atom stereocenters. The summed E-state index contributed by atoms with van der Waals surface area (Å²) in [5.74, 6) is -0.841. The van der Waals surface area contributed by atoms with E-state index < -0.39 is 11.4 Å². The zero-order valence-corrected chi connectivity index (χ0v) is 8.44. The molecule has 0 radical (unpaired) electrons. The number of aliphatic carboxylic acids is 1. The van der Waals surface area contributed by atoms with Gasteiger partial charge in [-0.3, -0.25) is 9.59 Å². The molecular weight excluding hydrogens is 198 g/mol. The number of anilines is 1. The lowest BCUT2D eigenvalue weighted by molar-refractivity contribution is -0.140. The van der Waals surface area contributed by atoms with Gasteiger partial charge in [0.25, 0.3) is 0 Å². The molecule has 1 aromatic rings. The van der Waals surface area contributed by atoms with Crippen LogP contribution >= 0.6 is 0 Å². The average Bonchev–Trinajstić information content (AvgIpc) is 2.55. The van der Waals surface area contributed by atoms with E-state index in [9.17, 15) is 9.59 Å². The predicted molar refractivity (Wildman–Crippen MR) is 51.4 cm³/mol. The number of carboxylic acid groups (broad SMARTS) is 1. The molecule has 0 aromatic carbocycles. The number of aryl methyl sites for hydroxylation is 1. The summed E-state index contributed by atoms with van der Waals surface area (Å²) < 4.78 is 1.68. The molecule has 1 aromatic heterocycles. The van der Waals surface area contributed by atoms with Gasteiger partial charge in [0.15, 0.2) is 5.82 Å². The molecule has 2 heterocycles. The number of fused-ring (bicyclic) bond motifs is 1. The Labute approximate surface area is 85.9 Å². The normalized spacial score (nSPS) is 23.7. The molecule has 15 heavy (non-hydrogen) atoms. The molecule has 1 aliphatic heterocycles. The third-order valence-corrected chi connectivity index (χ3v) is 2.70. The summed E-state index contributed by atoms with van der Waals surface area (Å²) in [6, 6.07) is 0. The van der Waals surface area contributed by atoms with Crippen LogP contribution in [0.2, 0.25) is 0 Å². The van der Waals surface area contributed by atoms with Gasteiger partial charge in [-0.25, -0.2) is 4.98 Å². The van der Waals surface area contributed by atoms with Crippen molar-refractivity contribution in [3.05, 3.63) is 12.0 Å². The Morgan fingerprint density at radius 3 is 3.00 bits per heavy atom. The fraction of sp³-hybridized carbons (Fsp3) is 0.444. The van der Waals surface area contributed by atoms with E-state index in [1.807, 2.05) is 0 Å². The number of rotatable bonds is 2. The minimum atomic E-state index is -1.02. The second-order valence-corrected chi connectivity index (χ2v) is 3.91. The Hall–Kier alpha value is -1.85. The lowest BCUT2D eigenvalue weighted by atomic mass is 9.84. The second kappa shape index (κ2) is 2.82. The van der Waals surface area contributed by atoms with Crippen molar-refractivity contribution in [1.29, 1.82) is 0 Å². The highest BCUT2D eigenvalue weighted by Crippen LogP contribution is 2.38. The maximum atomic E-state index is 11.7. The zero-order valence-electron chi connectivity index (χ0n) is 8.44. The van der Waals surface area contributed by atoms with Crippen molar-refractivity contribution < 1.29 is 14.7 Å². The molecule has 0 fully saturated rings. The maximum Gasteiger partial charge on any atom is 0.304 e. The van der Waals surface area contributed by atoms with Gasteiger partial charge in [0, 0.05) is 7.05 Å². The molecule has 0 aliphatic carbocycles. The van der Waals surface area contributed by atoms with Crippen molar-refractivity contribution in [3.8, 4) is 0 Å². The van der Waals surface area contributed by atoms with Crippen LogP contribution in [-0.2, 0) is 22.1 Å². The maximum absolute atomic E-state index is 11.7. The van der Waals surface area contributed by atoms with Crippen LogP contribution in [0.4, 0.5) is 5.82 Å². The molecular formula is C9H11N3O3. The van der Waals surface area contributed by atoms with Crippen LogP contribution in [0.15, 0.2) is 6.33 Å². The van der Waals surface area contributed by atoms with Crippen LogP contribution in [0.1, 0.15) is 19.0 Å². The van der Waals surface area contributed by atoms with E-state index in [0.29, 0.717) is 11.5 Å². The highest BCUT2D eigenvalue weighted by Gasteiger charge is 2.47. The first-order valence-electron chi connectivity index (χ1n) is 4.50. The fourth-order valence-corrected chi connectivity index (χ4v) is 1.99. The van der Waals surface area contributed by atoms with Crippen molar-refractivity contribution in [3.63, 3.8) is 0 Å². The van der Waals surface area contributed by atoms with Gasteiger partial charge in [0.2, 0.25) is 5.91 Å². The number of nitrogens with one attached hydrogen (secondary N) is 1. The number of aromatic nitrogens is 2. The van der Waals surface area contributed by atoms with Crippen molar-refractivity contribution in [2.75, 3.05) is 5.32 Å². The van der Waals surface area contributed by atoms with E-state index in [1.54, 1.807) is 24.9 Å². The monoisotopic (exact) mass is 209 g/mol. The van der Waals surface area contributed by atoms with Crippen LogP contribution in [0.5, 0.6) is 0 Å². The molecule has 6 heteroatoms. The van der Waals surface area contributed by atoms with E-state index in [-0.39, 0.29) is 12.3 Å². The number of imidazole rings is 1. The highest BCUT2D eigenvalue weighted by molar-refractivity contribution is 6.06. The van der Waals surface area contributed by atoms with Crippen LogP contribution in [0.25, 0.3) is 0 Å². The Bertz CT molecular complexity index is 451. The molecule has 1 aliphatic rings. The third kappa shape index (κ3) is 1.21. The molecule has 1 unspecified atom stereocenters. The highest BCUT2D eigenvalue weighted by atomic mass is 16.4. The van der Waals surface area contributed by atoms with Crippen molar-refractivity contribution in [2.24, 2.45) is 7.05 Å². The lowest BCUT2D eigenvalue weighted by Gasteiger charge is -2.19. The van der Waals surface area contributed by atoms with Gasteiger partial charge < -0.3 is 15.0 Å². The minimum Gasteiger partial charge on any atom is -0.481 e. The van der Waals surface area contributed by atoms with Crippen LogP contribution in [0.3, 0.4) is 0 Å². The Morgan fingerprint density at radius 2 is 2.40 bits per heavy atom. The topological polar surface area (TPSA) is 84.2 Å². The quantitative estimate of drug-likeness (QED) is 0.723. The Kier molecular flexibility index (Phi) is 1.82. The van der Waals surface area contributed by atoms with Gasteiger partial charge in [0.05, 0.1) is 18.4 Å². The SMILES string of the molecule is Cn1cnc2c1C(C)(CC(=O)O)C(=O)N2. The number of carbonyl (C=O) groups excluding carboxylic acids is 1. The van der Waals surface area contributed by atoms with E-state index in [1.165, 1.54) is 0 Å². The number of carbonyl (C=O) groups is 2. The third-order valence-electron chi connectivity index (χ3n) is 2.70. The molecule has 80 valence electrons. The average molecular weight is 209 g/mol. The molecule has 1 amide bonds. The standard InChI is InChI=1S/C9H11N3O3/c1-9(3-5(13)14)6-7(11-8(9)15)10-4-12(6)2/h4H,3H2,1-2H3,(H,11,15)(H,13,14). The first-order valence-corrected chi connectivity index (χ1v) is 4.50. The van der Waals surface area contributed by atoms with Gasteiger partial charge in [0.1, 0.15) is 5.41 Å². The number of nitrogens with zero attached hydrogens (tertiary/aromatic N) is 2. The second-order valence-electron chi connectivity index (χ2n) is 3.91. The van der Waals surface area contributed by atoms with E-state index in [4.69, 9.17) is 5.11 Å². The molecule has 2 rings (SSSR count). The molecule has 6 nitrogen and oxygen atoms in total. The summed E-state index contributed by atoms with van der Waals surface area (Å²) in [5.41, 5.74) is -0.387. The van der Waals surface area contributed by atoms with E-state index >= 15 is 0 Å². The van der Waals surface area contributed by atoms with E-state index in [0.717, 1.165) is 0 Å². The number of carboxylic acids is 1. The first-order chi connectivity index (χ1) is 6.95. The predicted octanol–water partition coefficient (Wildman–Crippen LogP) is 0.105. The van der Waals surface area contributed by atoms with Gasteiger partial charge in [-0.05, 0) is 6.92 Å². The summed E-state index contributed by atoms with van der Waals surface area (Å²) in [6.07, 6.45) is 1.33.